The lowest BCUT2D eigenvalue weighted by Crippen LogP contribution is -2.55. The summed E-state index contributed by atoms with van der Waals surface area (Å²) < 4.78 is 5.87. The molecule has 4 aliphatic rings. The molecule has 0 heterocycles. The first kappa shape index (κ1) is 26.3. The Labute approximate surface area is 211 Å². The minimum Gasteiger partial charge on any atom is -0.462 e. The maximum atomic E-state index is 11.8. The van der Waals surface area contributed by atoms with Crippen molar-refractivity contribution < 1.29 is 9.53 Å². The van der Waals surface area contributed by atoms with Crippen molar-refractivity contribution in [1.82, 2.24) is 0 Å². The Kier molecular flexibility index (Phi) is 6.92. The quantitative estimate of drug-likeness (QED) is 0.286. The second-order valence-electron chi connectivity index (χ2n) is 14.6. The fraction of sp³-hybridized carbons (Fsp3) is 0.906. The number of fused-ring (bicyclic) bond motifs is 4. The molecule has 2 nitrogen and oxygen atoms in total. The maximum absolute atomic E-state index is 11.8. The van der Waals surface area contributed by atoms with Gasteiger partial charge in [0.05, 0.1) is 0 Å². The van der Waals surface area contributed by atoms with E-state index in [0.717, 1.165) is 24.2 Å². The summed E-state index contributed by atoms with van der Waals surface area (Å²) in [6.07, 6.45) is 14.5. The molecular formula is C32H54O2. The van der Waals surface area contributed by atoms with Gasteiger partial charge in [0.2, 0.25) is 0 Å². The van der Waals surface area contributed by atoms with Crippen LogP contribution in [0.3, 0.4) is 0 Å². The molecule has 0 bridgehead atoms. The molecule has 0 aromatic carbocycles. The van der Waals surface area contributed by atoms with Gasteiger partial charge in [0.1, 0.15) is 6.10 Å². The SMILES string of the molecule is CC(=O)O[C@@H]1CC[C@]2(C)C3=C(CC[C@@H]2C1(C)C)[C@]1(C)CC[C@H]([C@@H](C)CCCC(C)C)[C@@]1(C)CC3. The Morgan fingerprint density at radius 2 is 1.62 bits per heavy atom. The highest BCUT2D eigenvalue weighted by Crippen LogP contribution is 2.72. The molecule has 0 aromatic rings. The molecule has 194 valence electrons. The normalized spacial score (nSPS) is 42.1. The predicted octanol–water partition coefficient (Wildman–Crippen LogP) is 9.13. The molecule has 0 aromatic heterocycles. The first-order valence-corrected chi connectivity index (χ1v) is 14.7. The average Bonchev–Trinajstić information content (AvgIpc) is 3.01. The lowest BCUT2D eigenvalue weighted by atomic mass is 9.43. The molecule has 0 amide bonds. The molecule has 0 radical (unpaired) electrons. The molecule has 4 rings (SSSR count). The van der Waals surface area contributed by atoms with Gasteiger partial charge in [-0.25, -0.2) is 0 Å². The van der Waals surface area contributed by atoms with Gasteiger partial charge in [-0.1, -0.05) is 85.8 Å². The second kappa shape index (κ2) is 8.95. The fourth-order valence-electron chi connectivity index (χ4n) is 10.1. The van der Waals surface area contributed by atoms with Crippen LogP contribution in [0.1, 0.15) is 133 Å². The van der Waals surface area contributed by atoms with E-state index in [-0.39, 0.29) is 22.9 Å². The lowest BCUT2D eigenvalue weighted by Gasteiger charge is -2.62. The van der Waals surface area contributed by atoms with Gasteiger partial charge in [-0.3, -0.25) is 4.79 Å². The molecule has 0 N–H and O–H groups in total. The summed E-state index contributed by atoms with van der Waals surface area (Å²) in [5, 5.41) is 0. The maximum Gasteiger partial charge on any atom is 0.302 e. The number of carbonyl (C=O) groups excluding carboxylic acids is 1. The number of esters is 1. The third-order valence-electron chi connectivity index (χ3n) is 12.2. The molecule has 0 aliphatic heterocycles. The summed E-state index contributed by atoms with van der Waals surface area (Å²) in [7, 11) is 0. The van der Waals surface area contributed by atoms with Gasteiger partial charge in [-0.15, -0.1) is 0 Å². The van der Waals surface area contributed by atoms with E-state index in [1.54, 1.807) is 6.92 Å². The van der Waals surface area contributed by atoms with Crippen molar-refractivity contribution in [2.24, 2.45) is 45.3 Å². The van der Waals surface area contributed by atoms with Crippen molar-refractivity contribution in [2.75, 3.05) is 0 Å². The van der Waals surface area contributed by atoms with Crippen molar-refractivity contribution in [1.29, 1.82) is 0 Å². The number of carbonyl (C=O) groups is 1. The van der Waals surface area contributed by atoms with E-state index in [0.29, 0.717) is 16.7 Å². The van der Waals surface area contributed by atoms with Crippen LogP contribution >= 0.6 is 0 Å². The third-order valence-corrected chi connectivity index (χ3v) is 12.2. The molecule has 34 heavy (non-hydrogen) atoms. The molecule has 4 aliphatic carbocycles. The van der Waals surface area contributed by atoms with Crippen LogP contribution in [0, 0.1) is 45.3 Å². The molecular weight excluding hydrogens is 416 g/mol. The van der Waals surface area contributed by atoms with E-state index in [9.17, 15) is 4.79 Å². The minimum atomic E-state index is -0.113. The van der Waals surface area contributed by atoms with E-state index in [1.807, 2.05) is 11.1 Å². The number of ether oxygens (including phenoxy) is 1. The summed E-state index contributed by atoms with van der Waals surface area (Å²) in [4.78, 5) is 11.8. The van der Waals surface area contributed by atoms with Crippen molar-refractivity contribution in [2.45, 2.75) is 139 Å². The van der Waals surface area contributed by atoms with E-state index in [2.05, 4.69) is 55.4 Å². The standard InChI is InChI=1S/C32H54O2/c1-21(2)11-10-12-22(3)24-15-19-32(9)26-13-14-27-29(5,6)28(34-23(4)33)17-18-30(27,7)25(26)16-20-31(24,32)8/h21-22,24,27-28H,10-20H2,1-9H3/t22-,24+,27+,28+,30+,31+,32-/m0/s1. The van der Waals surface area contributed by atoms with Gasteiger partial charge in [-0.2, -0.15) is 0 Å². The van der Waals surface area contributed by atoms with Crippen molar-refractivity contribution >= 4 is 5.97 Å². The van der Waals surface area contributed by atoms with Crippen molar-refractivity contribution in [3.8, 4) is 0 Å². The van der Waals surface area contributed by atoms with Crippen LogP contribution in [-0.4, -0.2) is 12.1 Å². The van der Waals surface area contributed by atoms with Crippen LogP contribution in [0.15, 0.2) is 11.1 Å². The summed E-state index contributed by atoms with van der Waals surface area (Å²) in [5.74, 6) is 3.04. The van der Waals surface area contributed by atoms with Crippen LogP contribution < -0.4 is 0 Å². The zero-order valence-corrected chi connectivity index (χ0v) is 24.0. The third kappa shape index (κ3) is 3.92. The summed E-state index contributed by atoms with van der Waals surface area (Å²) in [5.41, 5.74) is 4.87. The van der Waals surface area contributed by atoms with Gasteiger partial charge < -0.3 is 4.74 Å². The van der Waals surface area contributed by atoms with E-state index in [4.69, 9.17) is 4.74 Å². The van der Waals surface area contributed by atoms with Crippen molar-refractivity contribution in [3.63, 3.8) is 0 Å². The Bertz CT molecular complexity index is 821. The van der Waals surface area contributed by atoms with Crippen LogP contribution in [0.2, 0.25) is 0 Å². The monoisotopic (exact) mass is 470 g/mol. The highest BCUT2D eigenvalue weighted by molar-refractivity contribution is 5.66. The van der Waals surface area contributed by atoms with E-state index in [1.165, 1.54) is 64.2 Å². The molecule has 0 spiro atoms. The molecule has 0 saturated heterocycles. The first-order valence-electron chi connectivity index (χ1n) is 14.7. The highest BCUT2D eigenvalue weighted by Gasteiger charge is 2.63. The first-order chi connectivity index (χ1) is 15.8. The number of hydrogen-bond donors (Lipinski definition) is 0. The van der Waals surface area contributed by atoms with Crippen LogP contribution in [-0.2, 0) is 9.53 Å². The Hall–Kier alpha value is -0.790. The van der Waals surface area contributed by atoms with Gasteiger partial charge in [0, 0.05) is 12.3 Å². The van der Waals surface area contributed by atoms with E-state index < -0.39 is 0 Å². The van der Waals surface area contributed by atoms with Crippen LogP contribution in [0.5, 0.6) is 0 Å². The molecule has 0 unspecified atom stereocenters. The Morgan fingerprint density at radius 1 is 0.912 bits per heavy atom. The van der Waals surface area contributed by atoms with Gasteiger partial charge in [0.25, 0.3) is 0 Å². The highest BCUT2D eigenvalue weighted by atomic mass is 16.5. The molecule has 2 heteroatoms. The number of allylic oxidation sites excluding steroid dienone is 2. The summed E-state index contributed by atoms with van der Waals surface area (Å²) in [6, 6.07) is 0. The van der Waals surface area contributed by atoms with Crippen LogP contribution in [0.25, 0.3) is 0 Å². The summed E-state index contributed by atoms with van der Waals surface area (Å²) >= 11 is 0. The Balaban J connectivity index is 1.61. The van der Waals surface area contributed by atoms with Gasteiger partial charge >= 0.3 is 5.97 Å². The van der Waals surface area contributed by atoms with Gasteiger partial charge in [0.15, 0.2) is 0 Å². The Morgan fingerprint density at radius 3 is 2.26 bits per heavy atom. The largest absolute Gasteiger partial charge is 0.462 e. The topological polar surface area (TPSA) is 26.3 Å². The van der Waals surface area contributed by atoms with Crippen LogP contribution in [0.4, 0.5) is 0 Å². The summed E-state index contributed by atoms with van der Waals surface area (Å²) in [6.45, 7) is 21.6. The average molecular weight is 471 g/mol. The predicted molar refractivity (Wildman–Crippen MR) is 142 cm³/mol. The number of rotatable bonds is 6. The van der Waals surface area contributed by atoms with Crippen molar-refractivity contribution in [3.05, 3.63) is 11.1 Å². The van der Waals surface area contributed by atoms with E-state index >= 15 is 0 Å². The number of hydrogen-bond acceptors (Lipinski definition) is 2. The van der Waals surface area contributed by atoms with Gasteiger partial charge in [-0.05, 0) is 91.3 Å². The zero-order chi connectivity index (χ0) is 25.1. The smallest absolute Gasteiger partial charge is 0.302 e. The molecule has 2 saturated carbocycles. The molecule has 7 atom stereocenters. The molecule has 2 fully saturated rings. The zero-order valence-electron chi connectivity index (χ0n) is 24.0. The fourth-order valence-corrected chi connectivity index (χ4v) is 10.1. The second-order valence-corrected chi connectivity index (χ2v) is 14.6. The lowest BCUT2D eigenvalue weighted by molar-refractivity contribution is -0.167. The minimum absolute atomic E-state index is 0.0436.